The number of rotatable bonds is 5. The third-order valence-corrected chi connectivity index (χ3v) is 2.38. The molecule has 0 atom stereocenters. The molecule has 0 fully saturated rings. The van der Waals surface area contributed by atoms with Crippen LogP contribution < -0.4 is 0 Å². The minimum Gasteiger partial charge on any atom is -0.305 e. The van der Waals surface area contributed by atoms with E-state index in [9.17, 15) is 0 Å². The highest BCUT2D eigenvalue weighted by molar-refractivity contribution is 5.97. The maximum absolute atomic E-state index is 7.59. The van der Waals surface area contributed by atoms with Gasteiger partial charge in [0.1, 0.15) is 0 Å². The predicted molar refractivity (Wildman–Crippen MR) is 69.4 cm³/mol. The van der Waals surface area contributed by atoms with Crippen molar-refractivity contribution >= 4 is 5.71 Å². The Morgan fingerprint density at radius 3 is 1.93 bits per heavy atom. The van der Waals surface area contributed by atoms with E-state index in [1.165, 1.54) is 0 Å². The number of allylic oxidation sites excluding steroid dienone is 7. The monoisotopic (exact) mass is 201 g/mol. The molecule has 0 aromatic carbocycles. The zero-order valence-corrected chi connectivity index (χ0v) is 9.85. The van der Waals surface area contributed by atoms with E-state index < -0.39 is 0 Å². The highest BCUT2D eigenvalue weighted by atomic mass is 14.4. The van der Waals surface area contributed by atoms with Gasteiger partial charge in [-0.25, -0.2) is 0 Å². The summed E-state index contributed by atoms with van der Waals surface area (Å²) < 4.78 is 0. The van der Waals surface area contributed by atoms with E-state index >= 15 is 0 Å². The maximum Gasteiger partial charge on any atom is 0.0318 e. The molecule has 0 aromatic rings. The largest absolute Gasteiger partial charge is 0.305 e. The van der Waals surface area contributed by atoms with Crippen LogP contribution in [0.1, 0.15) is 20.8 Å². The molecule has 80 valence electrons. The van der Waals surface area contributed by atoms with E-state index in [1.54, 1.807) is 19.1 Å². The quantitative estimate of drug-likeness (QED) is 0.508. The van der Waals surface area contributed by atoms with Gasteiger partial charge < -0.3 is 5.41 Å². The van der Waals surface area contributed by atoms with Crippen LogP contribution in [0.2, 0.25) is 0 Å². The summed E-state index contributed by atoms with van der Waals surface area (Å²) in [5, 5.41) is 7.59. The van der Waals surface area contributed by atoms with Crippen molar-refractivity contribution < 1.29 is 0 Å². The molecule has 0 radical (unpaired) electrons. The van der Waals surface area contributed by atoms with Gasteiger partial charge in [0.2, 0.25) is 0 Å². The number of hydrogen-bond acceptors (Lipinski definition) is 1. The molecular formula is C14H19N. The van der Waals surface area contributed by atoms with Gasteiger partial charge in [0.05, 0.1) is 0 Å². The molecule has 0 saturated heterocycles. The van der Waals surface area contributed by atoms with Crippen molar-refractivity contribution in [1.29, 1.82) is 5.41 Å². The van der Waals surface area contributed by atoms with Gasteiger partial charge in [0.15, 0.2) is 0 Å². The van der Waals surface area contributed by atoms with Gasteiger partial charge in [-0.2, -0.15) is 0 Å². The highest BCUT2D eigenvalue weighted by Gasteiger charge is 2.07. The Balaban J connectivity index is 5.45. The summed E-state index contributed by atoms with van der Waals surface area (Å²) in [6.07, 6.45) is 5.45. The van der Waals surface area contributed by atoms with Crippen molar-refractivity contribution in [2.24, 2.45) is 0 Å². The molecular weight excluding hydrogens is 182 g/mol. The summed E-state index contributed by atoms with van der Waals surface area (Å²) >= 11 is 0. The topological polar surface area (TPSA) is 23.9 Å². The van der Waals surface area contributed by atoms with Gasteiger partial charge in [-0.1, -0.05) is 38.0 Å². The molecule has 0 unspecified atom stereocenters. The molecule has 0 aliphatic rings. The van der Waals surface area contributed by atoms with Crippen LogP contribution in [0, 0.1) is 5.41 Å². The molecule has 15 heavy (non-hydrogen) atoms. The first-order chi connectivity index (χ1) is 6.99. The predicted octanol–water partition coefficient (Wildman–Crippen LogP) is 4.22. The average molecular weight is 201 g/mol. The van der Waals surface area contributed by atoms with E-state index in [4.69, 9.17) is 5.41 Å². The first-order valence-electron chi connectivity index (χ1n) is 4.86. The van der Waals surface area contributed by atoms with Crippen molar-refractivity contribution in [3.8, 4) is 0 Å². The zero-order valence-electron chi connectivity index (χ0n) is 9.85. The van der Waals surface area contributed by atoms with Crippen LogP contribution in [0.25, 0.3) is 0 Å². The molecule has 0 aromatic heterocycles. The van der Waals surface area contributed by atoms with Crippen molar-refractivity contribution in [1.82, 2.24) is 0 Å². The van der Waals surface area contributed by atoms with Gasteiger partial charge in [-0.15, -0.1) is 0 Å². The lowest BCUT2D eigenvalue weighted by molar-refractivity contribution is 1.35. The fourth-order valence-electron chi connectivity index (χ4n) is 1.28. The lowest BCUT2D eigenvalue weighted by Gasteiger charge is -2.11. The lowest BCUT2D eigenvalue weighted by atomic mass is 9.94. The van der Waals surface area contributed by atoms with Crippen LogP contribution in [0.15, 0.2) is 60.3 Å². The second-order valence-corrected chi connectivity index (χ2v) is 3.29. The van der Waals surface area contributed by atoms with Gasteiger partial charge in [-0.05, 0) is 43.1 Å². The molecule has 0 aliphatic heterocycles. The number of hydrogen-bond donors (Lipinski definition) is 1. The third kappa shape index (κ3) is 3.21. The van der Waals surface area contributed by atoms with Crippen molar-refractivity contribution in [2.45, 2.75) is 20.8 Å². The van der Waals surface area contributed by atoms with Crippen LogP contribution in [0.5, 0.6) is 0 Å². The summed E-state index contributed by atoms with van der Waals surface area (Å²) in [6, 6.07) is 0. The molecule has 0 amide bonds. The fourth-order valence-corrected chi connectivity index (χ4v) is 1.28. The Kier molecular flexibility index (Phi) is 5.32. The SMILES string of the molecule is C=C/C(=C/C)C(=C)/C(C=C)=C(\C)C(C)=N. The van der Waals surface area contributed by atoms with Gasteiger partial charge in [0, 0.05) is 5.71 Å². The lowest BCUT2D eigenvalue weighted by Crippen LogP contribution is -1.99. The molecule has 0 saturated carbocycles. The first-order valence-corrected chi connectivity index (χ1v) is 4.86. The Hall–Kier alpha value is -1.63. The van der Waals surface area contributed by atoms with Gasteiger partial charge >= 0.3 is 0 Å². The molecule has 0 heterocycles. The second kappa shape index (κ2) is 5.97. The van der Waals surface area contributed by atoms with E-state index in [-0.39, 0.29) is 0 Å². The maximum atomic E-state index is 7.59. The molecule has 0 spiro atoms. The van der Waals surface area contributed by atoms with E-state index in [0.29, 0.717) is 5.71 Å². The summed E-state index contributed by atoms with van der Waals surface area (Å²) in [5.74, 6) is 0. The molecule has 0 bridgehead atoms. The van der Waals surface area contributed by atoms with E-state index in [2.05, 4.69) is 19.7 Å². The van der Waals surface area contributed by atoms with Gasteiger partial charge in [-0.3, -0.25) is 0 Å². The minimum atomic E-state index is 0.533. The van der Waals surface area contributed by atoms with E-state index in [1.807, 2.05) is 19.9 Å². The van der Waals surface area contributed by atoms with Crippen LogP contribution in [-0.2, 0) is 0 Å². The van der Waals surface area contributed by atoms with Crippen LogP contribution in [-0.4, -0.2) is 5.71 Å². The Bertz CT molecular complexity index is 365. The van der Waals surface area contributed by atoms with Crippen molar-refractivity contribution in [3.05, 3.63) is 60.3 Å². The highest BCUT2D eigenvalue weighted by Crippen LogP contribution is 2.22. The Morgan fingerprint density at radius 1 is 1.13 bits per heavy atom. The van der Waals surface area contributed by atoms with Gasteiger partial charge in [0.25, 0.3) is 0 Å². The van der Waals surface area contributed by atoms with Crippen LogP contribution in [0.4, 0.5) is 0 Å². The zero-order chi connectivity index (χ0) is 12.0. The normalized spacial score (nSPS) is 12.9. The first kappa shape index (κ1) is 13.4. The summed E-state index contributed by atoms with van der Waals surface area (Å²) in [5.41, 5.74) is 4.19. The molecule has 0 aliphatic carbocycles. The smallest absolute Gasteiger partial charge is 0.0318 e. The average Bonchev–Trinajstić information content (AvgIpc) is 2.20. The molecule has 1 nitrogen and oxygen atoms in total. The Labute approximate surface area is 92.7 Å². The standard InChI is InChI=1S/C14H19N/c1-7-13(8-2)11(5)14(9-3)10(4)12(6)15/h7-9,15H,1,3,5H2,2,4,6H3/b13-8-,14-10+,15-12?. The van der Waals surface area contributed by atoms with Crippen molar-refractivity contribution in [2.75, 3.05) is 0 Å². The summed E-state index contributed by atoms with van der Waals surface area (Å²) in [4.78, 5) is 0. The minimum absolute atomic E-state index is 0.533. The Morgan fingerprint density at radius 2 is 1.67 bits per heavy atom. The second-order valence-electron chi connectivity index (χ2n) is 3.29. The molecule has 1 N–H and O–H groups in total. The summed E-state index contributed by atoms with van der Waals surface area (Å²) in [7, 11) is 0. The third-order valence-electron chi connectivity index (χ3n) is 2.38. The molecule has 1 heteroatoms. The molecule has 0 rings (SSSR count). The van der Waals surface area contributed by atoms with Crippen LogP contribution in [0.3, 0.4) is 0 Å². The van der Waals surface area contributed by atoms with E-state index in [0.717, 1.165) is 22.3 Å². The number of nitrogens with one attached hydrogen (secondary N) is 1. The van der Waals surface area contributed by atoms with Crippen molar-refractivity contribution in [3.63, 3.8) is 0 Å². The van der Waals surface area contributed by atoms with Crippen LogP contribution >= 0.6 is 0 Å². The fraction of sp³-hybridized carbons (Fsp3) is 0.214. The summed E-state index contributed by atoms with van der Waals surface area (Å²) in [6.45, 7) is 17.1.